The van der Waals surface area contributed by atoms with E-state index < -0.39 is 0 Å². The van der Waals surface area contributed by atoms with Gasteiger partial charge < -0.3 is 10.5 Å². The molecule has 0 spiro atoms. The molecule has 14 heavy (non-hydrogen) atoms. The topological polar surface area (TPSA) is 35.2 Å². The van der Waals surface area contributed by atoms with Crippen LogP contribution in [0.3, 0.4) is 0 Å². The van der Waals surface area contributed by atoms with Gasteiger partial charge in [0.1, 0.15) is 0 Å². The van der Waals surface area contributed by atoms with Gasteiger partial charge in [0, 0.05) is 13.2 Å². The Morgan fingerprint density at radius 2 is 1.93 bits per heavy atom. The van der Waals surface area contributed by atoms with Crippen LogP contribution in [0.1, 0.15) is 51.4 Å². The number of hydrogen-bond donors (Lipinski definition) is 1. The molecule has 2 N–H and O–H groups in total. The third-order valence-electron chi connectivity index (χ3n) is 3.94. The fourth-order valence-corrected chi connectivity index (χ4v) is 3.08. The monoisotopic (exact) mass is 197 g/mol. The van der Waals surface area contributed by atoms with Crippen molar-refractivity contribution in [3.63, 3.8) is 0 Å². The van der Waals surface area contributed by atoms with Crippen LogP contribution < -0.4 is 5.73 Å². The zero-order chi connectivity index (χ0) is 9.86. The molecule has 1 saturated carbocycles. The summed E-state index contributed by atoms with van der Waals surface area (Å²) in [5, 5.41) is 0. The van der Waals surface area contributed by atoms with Crippen molar-refractivity contribution >= 4 is 0 Å². The molecule has 2 heteroatoms. The van der Waals surface area contributed by atoms with E-state index in [-0.39, 0.29) is 5.60 Å². The van der Waals surface area contributed by atoms with Crippen molar-refractivity contribution < 1.29 is 4.74 Å². The second-order valence-electron chi connectivity index (χ2n) is 5.05. The van der Waals surface area contributed by atoms with Crippen LogP contribution in [0.5, 0.6) is 0 Å². The molecule has 1 atom stereocenters. The van der Waals surface area contributed by atoms with Crippen molar-refractivity contribution in [2.24, 2.45) is 11.7 Å². The molecule has 0 amide bonds. The standard InChI is InChI=1S/C12H23NO/c13-10-12(7-4-8-14-12)9-11-5-2-1-3-6-11/h11H,1-10,13H2. The third-order valence-corrected chi connectivity index (χ3v) is 3.94. The zero-order valence-corrected chi connectivity index (χ0v) is 9.13. The van der Waals surface area contributed by atoms with Crippen molar-refractivity contribution in [3.8, 4) is 0 Å². The number of hydrogen-bond acceptors (Lipinski definition) is 2. The summed E-state index contributed by atoms with van der Waals surface area (Å²) in [4.78, 5) is 0. The fraction of sp³-hybridized carbons (Fsp3) is 1.00. The summed E-state index contributed by atoms with van der Waals surface area (Å²) in [5.41, 5.74) is 5.93. The number of nitrogens with two attached hydrogens (primary N) is 1. The van der Waals surface area contributed by atoms with Gasteiger partial charge in [0.25, 0.3) is 0 Å². The van der Waals surface area contributed by atoms with Crippen molar-refractivity contribution in [2.45, 2.75) is 57.0 Å². The molecule has 0 bridgehead atoms. The van der Waals surface area contributed by atoms with Gasteiger partial charge in [-0.05, 0) is 25.2 Å². The van der Waals surface area contributed by atoms with Crippen molar-refractivity contribution in [3.05, 3.63) is 0 Å². The lowest BCUT2D eigenvalue weighted by Gasteiger charge is -2.33. The molecule has 1 saturated heterocycles. The minimum absolute atomic E-state index is 0.0714. The second-order valence-corrected chi connectivity index (χ2v) is 5.05. The number of ether oxygens (including phenoxy) is 1. The first-order valence-electron chi connectivity index (χ1n) is 6.19. The van der Waals surface area contributed by atoms with Crippen LogP contribution in [-0.2, 0) is 4.74 Å². The average Bonchev–Trinajstić information content (AvgIpc) is 2.69. The summed E-state index contributed by atoms with van der Waals surface area (Å²) >= 11 is 0. The smallest absolute Gasteiger partial charge is 0.0807 e. The van der Waals surface area contributed by atoms with Crippen LogP contribution in [0, 0.1) is 5.92 Å². The highest BCUT2D eigenvalue weighted by atomic mass is 16.5. The van der Waals surface area contributed by atoms with Gasteiger partial charge in [-0.1, -0.05) is 32.1 Å². The Morgan fingerprint density at radius 3 is 2.50 bits per heavy atom. The molecule has 0 aromatic rings. The predicted octanol–water partition coefficient (Wildman–Crippen LogP) is 2.46. The highest BCUT2D eigenvalue weighted by molar-refractivity contribution is 4.89. The summed E-state index contributed by atoms with van der Waals surface area (Å²) in [5.74, 6) is 0.894. The molecular formula is C12H23NO. The summed E-state index contributed by atoms with van der Waals surface area (Å²) in [7, 11) is 0. The van der Waals surface area contributed by atoms with E-state index in [9.17, 15) is 0 Å². The fourth-order valence-electron chi connectivity index (χ4n) is 3.08. The summed E-state index contributed by atoms with van der Waals surface area (Å²) < 4.78 is 5.87. The van der Waals surface area contributed by atoms with E-state index in [0.717, 1.165) is 19.1 Å². The van der Waals surface area contributed by atoms with Crippen molar-refractivity contribution in [2.75, 3.05) is 13.2 Å². The van der Waals surface area contributed by atoms with Gasteiger partial charge >= 0.3 is 0 Å². The Bertz CT molecular complexity index is 169. The van der Waals surface area contributed by atoms with Gasteiger partial charge in [0.15, 0.2) is 0 Å². The molecule has 2 nitrogen and oxygen atoms in total. The first-order chi connectivity index (χ1) is 6.85. The van der Waals surface area contributed by atoms with Gasteiger partial charge in [0.2, 0.25) is 0 Å². The van der Waals surface area contributed by atoms with Crippen molar-refractivity contribution in [1.82, 2.24) is 0 Å². The van der Waals surface area contributed by atoms with E-state index in [0.29, 0.717) is 0 Å². The maximum Gasteiger partial charge on any atom is 0.0807 e. The van der Waals surface area contributed by atoms with Crippen LogP contribution in [0.15, 0.2) is 0 Å². The van der Waals surface area contributed by atoms with E-state index in [4.69, 9.17) is 10.5 Å². The van der Waals surface area contributed by atoms with E-state index in [2.05, 4.69) is 0 Å². The molecule has 2 fully saturated rings. The third kappa shape index (κ3) is 2.29. The van der Waals surface area contributed by atoms with Gasteiger partial charge in [0.05, 0.1) is 5.60 Å². The van der Waals surface area contributed by atoms with E-state index in [1.54, 1.807) is 0 Å². The van der Waals surface area contributed by atoms with E-state index >= 15 is 0 Å². The van der Waals surface area contributed by atoms with Gasteiger partial charge in [-0.15, -0.1) is 0 Å². The molecule has 82 valence electrons. The Labute approximate surface area is 87.2 Å². The lowest BCUT2D eigenvalue weighted by Crippen LogP contribution is -2.39. The van der Waals surface area contributed by atoms with E-state index in [1.165, 1.54) is 51.4 Å². The largest absolute Gasteiger partial charge is 0.374 e. The number of rotatable bonds is 3. The van der Waals surface area contributed by atoms with Crippen LogP contribution in [0.4, 0.5) is 0 Å². The van der Waals surface area contributed by atoms with Crippen LogP contribution >= 0.6 is 0 Å². The Hall–Kier alpha value is -0.0800. The summed E-state index contributed by atoms with van der Waals surface area (Å²) in [6.07, 6.45) is 10.7. The van der Waals surface area contributed by atoms with Crippen molar-refractivity contribution in [1.29, 1.82) is 0 Å². The first-order valence-corrected chi connectivity index (χ1v) is 6.19. The highest BCUT2D eigenvalue weighted by Crippen LogP contribution is 2.36. The highest BCUT2D eigenvalue weighted by Gasteiger charge is 2.36. The second kappa shape index (κ2) is 4.63. The lowest BCUT2D eigenvalue weighted by molar-refractivity contribution is -0.0118. The Kier molecular flexibility index (Phi) is 3.45. The SMILES string of the molecule is NCC1(CC2CCCCC2)CCCO1. The quantitative estimate of drug-likeness (QED) is 0.754. The molecule has 0 aromatic carbocycles. The Morgan fingerprint density at radius 1 is 1.14 bits per heavy atom. The van der Waals surface area contributed by atoms with Gasteiger partial charge in [-0.25, -0.2) is 0 Å². The average molecular weight is 197 g/mol. The van der Waals surface area contributed by atoms with Crippen LogP contribution in [-0.4, -0.2) is 18.8 Å². The van der Waals surface area contributed by atoms with E-state index in [1.807, 2.05) is 0 Å². The van der Waals surface area contributed by atoms with Crippen LogP contribution in [0.2, 0.25) is 0 Å². The lowest BCUT2D eigenvalue weighted by atomic mass is 9.80. The van der Waals surface area contributed by atoms with Crippen LogP contribution in [0.25, 0.3) is 0 Å². The minimum Gasteiger partial charge on any atom is -0.374 e. The summed E-state index contributed by atoms with van der Waals surface area (Å²) in [6.45, 7) is 1.66. The maximum absolute atomic E-state index is 5.87. The zero-order valence-electron chi connectivity index (χ0n) is 9.13. The molecule has 1 aliphatic heterocycles. The predicted molar refractivity (Wildman–Crippen MR) is 58.2 cm³/mol. The molecule has 2 rings (SSSR count). The normalized spacial score (nSPS) is 34.9. The molecule has 1 unspecified atom stereocenters. The molecule has 0 radical (unpaired) electrons. The molecule has 1 heterocycles. The maximum atomic E-state index is 5.87. The van der Waals surface area contributed by atoms with Gasteiger partial charge in [-0.3, -0.25) is 0 Å². The molecule has 1 aliphatic carbocycles. The first kappa shape index (κ1) is 10.4. The molecule has 0 aromatic heterocycles. The molecular weight excluding hydrogens is 174 g/mol. The minimum atomic E-state index is 0.0714. The summed E-state index contributed by atoms with van der Waals surface area (Å²) in [6, 6.07) is 0. The molecule has 2 aliphatic rings. The Balaban J connectivity index is 1.86. The van der Waals surface area contributed by atoms with Gasteiger partial charge in [-0.2, -0.15) is 0 Å².